The predicted octanol–water partition coefficient (Wildman–Crippen LogP) is 6.23. The molecule has 40 heavy (non-hydrogen) atoms. The molecule has 1 aliphatic heterocycles. The van der Waals surface area contributed by atoms with E-state index in [4.69, 9.17) is 4.74 Å². The number of allylic oxidation sites excluding steroid dienone is 1. The fraction of sp³-hybridized carbons (Fsp3) is 0.353. The summed E-state index contributed by atoms with van der Waals surface area (Å²) in [6, 6.07) is 28.2. The zero-order valence-corrected chi connectivity index (χ0v) is 23.6. The molecule has 1 aliphatic carbocycles. The van der Waals surface area contributed by atoms with Crippen molar-refractivity contribution in [3.63, 3.8) is 0 Å². The number of anilines is 2. The first-order chi connectivity index (χ1) is 19.5. The molecule has 6 nitrogen and oxygen atoms in total. The van der Waals surface area contributed by atoms with Gasteiger partial charge in [-0.2, -0.15) is 0 Å². The maximum absolute atomic E-state index is 11.6. The lowest BCUT2D eigenvalue weighted by atomic mass is 9.87. The number of hydrogen-bond donors (Lipinski definition) is 1. The summed E-state index contributed by atoms with van der Waals surface area (Å²) in [5.41, 5.74) is 7.74. The smallest absolute Gasteiger partial charge is 0.302 e. The molecule has 0 atom stereocenters. The highest BCUT2D eigenvalue weighted by atomic mass is 16.5. The standard InChI is InChI=1S/C34H39N3O3/c1-25(38)35-30-14-10-28(11-15-30)34(33(9-6-24-40-26(2)39)27-7-4-3-5-8-27)29-12-16-31(17-13-29)36-20-22-37(23-21-36)32-18-19-32/h3-5,7-8,10-17,32H,6,9,18-24H2,1-2H3,(H,35,38)/b34-33-. The Labute approximate surface area is 237 Å². The fourth-order valence-electron chi connectivity index (χ4n) is 5.58. The molecule has 2 fully saturated rings. The van der Waals surface area contributed by atoms with Gasteiger partial charge in [0.25, 0.3) is 0 Å². The van der Waals surface area contributed by atoms with Crippen molar-refractivity contribution in [3.8, 4) is 0 Å². The summed E-state index contributed by atoms with van der Waals surface area (Å²) in [4.78, 5) is 28.1. The zero-order valence-electron chi connectivity index (χ0n) is 23.6. The number of amides is 1. The van der Waals surface area contributed by atoms with E-state index in [0.29, 0.717) is 6.61 Å². The molecule has 208 valence electrons. The van der Waals surface area contributed by atoms with Gasteiger partial charge in [0, 0.05) is 57.4 Å². The first-order valence-electron chi connectivity index (χ1n) is 14.4. The van der Waals surface area contributed by atoms with Crippen molar-refractivity contribution in [1.82, 2.24) is 4.90 Å². The highest BCUT2D eigenvalue weighted by molar-refractivity contribution is 5.99. The Morgan fingerprint density at radius 2 is 1.43 bits per heavy atom. The summed E-state index contributed by atoms with van der Waals surface area (Å²) >= 11 is 0. The van der Waals surface area contributed by atoms with Crippen LogP contribution in [-0.2, 0) is 14.3 Å². The van der Waals surface area contributed by atoms with Crippen molar-refractivity contribution in [3.05, 3.63) is 95.6 Å². The topological polar surface area (TPSA) is 61.9 Å². The van der Waals surface area contributed by atoms with E-state index in [0.717, 1.165) is 73.0 Å². The van der Waals surface area contributed by atoms with Gasteiger partial charge in [0.2, 0.25) is 5.91 Å². The van der Waals surface area contributed by atoms with E-state index in [-0.39, 0.29) is 11.9 Å². The molecule has 6 heteroatoms. The van der Waals surface area contributed by atoms with E-state index < -0.39 is 0 Å². The Morgan fingerprint density at radius 1 is 0.800 bits per heavy atom. The Hall–Kier alpha value is -3.90. The van der Waals surface area contributed by atoms with Gasteiger partial charge in [-0.25, -0.2) is 0 Å². The van der Waals surface area contributed by atoms with Gasteiger partial charge < -0.3 is 15.0 Å². The maximum Gasteiger partial charge on any atom is 0.302 e. The average Bonchev–Trinajstić information content (AvgIpc) is 3.82. The maximum atomic E-state index is 11.6. The molecule has 1 amide bonds. The molecular weight excluding hydrogens is 498 g/mol. The highest BCUT2D eigenvalue weighted by Crippen LogP contribution is 2.37. The van der Waals surface area contributed by atoms with Crippen molar-refractivity contribution < 1.29 is 14.3 Å². The van der Waals surface area contributed by atoms with Crippen LogP contribution in [0.2, 0.25) is 0 Å². The monoisotopic (exact) mass is 537 g/mol. The van der Waals surface area contributed by atoms with Crippen LogP contribution in [0, 0.1) is 0 Å². The van der Waals surface area contributed by atoms with Crippen LogP contribution >= 0.6 is 0 Å². The molecule has 0 spiro atoms. The first kappa shape index (κ1) is 27.7. The van der Waals surface area contributed by atoms with Crippen molar-refractivity contribution in [2.24, 2.45) is 0 Å². The van der Waals surface area contributed by atoms with E-state index in [9.17, 15) is 9.59 Å². The Bertz CT molecular complexity index is 1320. The van der Waals surface area contributed by atoms with Gasteiger partial charge in [-0.15, -0.1) is 0 Å². The molecule has 1 heterocycles. The molecule has 2 aliphatic rings. The number of nitrogens with one attached hydrogen (secondary N) is 1. The summed E-state index contributed by atoms with van der Waals surface area (Å²) < 4.78 is 5.27. The van der Waals surface area contributed by atoms with Gasteiger partial charge in [0.15, 0.2) is 0 Å². The van der Waals surface area contributed by atoms with Crippen LogP contribution in [0.3, 0.4) is 0 Å². The van der Waals surface area contributed by atoms with Gasteiger partial charge in [0.05, 0.1) is 6.61 Å². The molecule has 5 rings (SSSR count). The lowest BCUT2D eigenvalue weighted by Gasteiger charge is -2.36. The van der Waals surface area contributed by atoms with E-state index in [1.165, 1.54) is 37.9 Å². The fourth-order valence-corrected chi connectivity index (χ4v) is 5.58. The summed E-state index contributed by atoms with van der Waals surface area (Å²) in [7, 11) is 0. The molecular formula is C34H39N3O3. The summed E-state index contributed by atoms with van der Waals surface area (Å²) in [6.45, 7) is 7.75. The second kappa shape index (κ2) is 13.0. The summed E-state index contributed by atoms with van der Waals surface area (Å²) in [6.07, 6.45) is 4.20. The number of piperazine rings is 1. The number of esters is 1. The minimum Gasteiger partial charge on any atom is -0.466 e. The molecule has 3 aromatic carbocycles. The minimum atomic E-state index is -0.257. The zero-order chi connectivity index (χ0) is 27.9. The van der Waals surface area contributed by atoms with Crippen LogP contribution in [0.25, 0.3) is 11.1 Å². The molecule has 3 aromatic rings. The quantitative estimate of drug-likeness (QED) is 0.189. The van der Waals surface area contributed by atoms with E-state index in [1.807, 2.05) is 18.2 Å². The average molecular weight is 538 g/mol. The number of carbonyl (C=O) groups excluding carboxylic acids is 2. The number of nitrogens with zero attached hydrogens (tertiary/aromatic N) is 2. The third kappa shape index (κ3) is 7.19. The van der Waals surface area contributed by atoms with Crippen LogP contribution in [0.15, 0.2) is 78.9 Å². The van der Waals surface area contributed by atoms with Crippen molar-refractivity contribution in [1.29, 1.82) is 0 Å². The number of benzene rings is 3. The molecule has 0 radical (unpaired) electrons. The number of carbonyl (C=O) groups is 2. The first-order valence-corrected chi connectivity index (χ1v) is 14.4. The Kier molecular flexibility index (Phi) is 8.97. The van der Waals surface area contributed by atoms with Gasteiger partial charge in [0.1, 0.15) is 0 Å². The number of rotatable bonds is 10. The second-order valence-electron chi connectivity index (χ2n) is 10.7. The number of hydrogen-bond acceptors (Lipinski definition) is 5. The lowest BCUT2D eigenvalue weighted by molar-refractivity contribution is -0.141. The van der Waals surface area contributed by atoms with Crippen LogP contribution < -0.4 is 10.2 Å². The molecule has 0 unspecified atom stereocenters. The van der Waals surface area contributed by atoms with Gasteiger partial charge in [-0.05, 0) is 77.8 Å². The van der Waals surface area contributed by atoms with Crippen molar-refractivity contribution >= 4 is 34.4 Å². The summed E-state index contributed by atoms with van der Waals surface area (Å²) in [5, 5.41) is 2.87. The minimum absolute atomic E-state index is 0.0903. The van der Waals surface area contributed by atoms with Gasteiger partial charge in [-0.1, -0.05) is 54.6 Å². The van der Waals surface area contributed by atoms with E-state index in [1.54, 1.807) is 0 Å². The Morgan fingerprint density at radius 3 is 2.00 bits per heavy atom. The van der Waals surface area contributed by atoms with Crippen molar-refractivity contribution in [2.45, 2.75) is 45.6 Å². The molecule has 1 saturated heterocycles. The van der Waals surface area contributed by atoms with E-state index in [2.05, 4.69) is 75.8 Å². The van der Waals surface area contributed by atoms with Gasteiger partial charge >= 0.3 is 5.97 Å². The Balaban J connectivity index is 1.49. The molecule has 0 aromatic heterocycles. The second-order valence-corrected chi connectivity index (χ2v) is 10.7. The van der Waals surface area contributed by atoms with Gasteiger partial charge in [-0.3, -0.25) is 14.5 Å². The normalized spacial score (nSPS) is 16.3. The van der Waals surface area contributed by atoms with Crippen LogP contribution in [0.4, 0.5) is 11.4 Å². The molecule has 1 saturated carbocycles. The van der Waals surface area contributed by atoms with E-state index >= 15 is 0 Å². The largest absolute Gasteiger partial charge is 0.466 e. The molecule has 0 bridgehead atoms. The van der Waals surface area contributed by atoms with Crippen molar-refractivity contribution in [2.75, 3.05) is 43.0 Å². The highest BCUT2D eigenvalue weighted by Gasteiger charge is 2.31. The van der Waals surface area contributed by atoms with Crippen LogP contribution in [-0.4, -0.2) is 55.6 Å². The number of ether oxygens (including phenoxy) is 1. The summed E-state index contributed by atoms with van der Waals surface area (Å²) in [5.74, 6) is -0.347. The predicted molar refractivity (Wildman–Crippen MR) is 162 cm³/mol. The van der Waals surface area contributed by atoms with Crippen LogP contribution in [0.5, 0.6) is 0 Å². The third-order valence-corrected chi connectivity index (χ3v) is 7.69. The van der Waals surface area contributed by atoms with Crippen LogP contribution in [0.1, 0.15) is 56.2 Å². The SMILES string of the molecule is CC(=O)Nc1ccc(/C(=C(\CCCOC(C)=O)c2ccccc2)c2ccc(N3CCN(C4CC4)CC3)cc2)cc1. The molecule has 1 N–H and O–H groups in total. The lowest BCUT2D eigenvalue weighted by Crippen LogP contribution is -2.47. The third-order valence-electron chi connectivity index (χ3n) is 7.69.